The van der Waals surface area contributed by atoms with Crippen molar-refractivity contribution >= 4 is 40.7 Å². The summed E-state index contributed by atoms with van der Waals surface area (Å²) in [4.78, 5) is 50.4. The summed E-state index contributed by atoms with van der Waals surface area (Å²) in [7, 11) is 5.19. The van der Waals surface area contributed by atoms with E-state index < -0.39 is 11.4 Å². The summed E-state index contributed by atoms with van der Waals surface area (Å²) in [6.45, 7) is 7.68. The average Bonchev–Trinajstić information content (AvgIpc) is 3.53. The van der Waals surface area contributed by atoms with Crippen LogP contribution in [0.15, 0.2) is 36.7 Å². The number of pyridine rings is 1. The number of nitrogens with one attached hydrogen (secondary N) is 1. The number of rotatable bonds is 5. The number of ether oxygens (including phenoxy) is 1. The molecule has 1 unspecified atom stereocenters. The molecule has 1 aromatic carbocycles. The van der Waals surface area contributed by atoms with Crippen molar-refractivity contribution in [1.82, 2.24) is 24.5 Å². The first-order chi connectivity index (χ1) is 19.5. The molecule has 1 atom stereocenters. The number of fused-ring (bicyclic) bond motifs is 4. The molecular formula is C29H29ClN8O3. The molecule has 3 aromatic heterocycles. The quantitative estimate of drug-likeness (QED) is 0.371. The molecule has 1 spiro atoms. The summed E-state index contributed by atoms with van der Waals surface area (Å²) in [5.41, 5.74) is 2.74. The number of halogens is 1. The summed E-state index contributed by atoms with van der Waals surface area (Å²) in [5.74, 6) is 0.372. The Bertz CT molecular complexity index is 1770. The minimum Gasteiger partial charge on any atom is -0.480 e. The van der Waals surface area contributed by atoms with Crippen molar-refractivity contribution in [1.29, 1.82) is 0 Å². The average molecular weight is 573 g/mol. The summed E-state index contributed by atoms with van der Waals surface area (Å²) >= 11 is 6.38. The monoisotopic (exact) mass is 572 g/mol. The summed E-state index contributed by atoms with van der Waals surface area (Å²) in [5, 5.41) is 3.39. The molecule has 11 nitrogen and oxygen atoms in total. The van der Waals surface area contributed by atoms with E-state index in [1.165, 1.54) is 18.2 Å². The number of benzene rings is 1. The van der Waals surface area contributed by atoms with Crippen LogP contribution >= 0.6 is 11.6 Å². The minimum absolute atomic E-state index is 0.149. The number of hydrogen-bond donors (Lipinski definition) is 1. The normalized spacial score (nSPS) is 17.3. The number of hydrogen-bond acceptors (Lipinski definition) is 8. The number of aryl methyl sites for hydroxylation is 2. The maximum absolute atomic E-state index is 14.5. The molecule has 41 heavy (non-hydrogen) atoms. The largest absolute Gasteiger partial charge is 0.480 e. The lowest BCUT2D eigenvalue weighted by Crippen LogP contribution is -2.51. The first-order valence-corrected chi connectivity index (χ1v) is 13.5. The second-order valence-corrected chi connectivity index (χ2v) is 11.1. The van der Waals surface area contributed by atoms with Gasteiger partial charge in [0.2, 0.25) is 11.8 Å². The Hall–Kier alpha value is -4.51. The zero-order valence-corrected chi connectivity index (χ0v) is 24.5. The molecule has 0 fully saturated rings. The molecule has 6 rings (SSSR count). The van der Waals surface area contributed by atoms with Gasteiger partial charge in [0, 0.05) is 43.8 Å². The molecule has 210 valence electrons. The fourth-order valence-electron chi connectivity index (χ4n) is 5.75. The number of anilines is 3. The SMILES string of the molecule is COc1nc(N(C)C)ncc1-c1nc2c(n1C(C)C)C1(C(=O)Nc3cc(C)ccc31)N(c1cc(Cl)cnc1C)C2=O. The van der Waals surface area contributed by atoms with Gasteiger partial charge in [0.1, 0.15) is 5.82 Å². The van der Waals surface area contributed by atoms with Crippen molar-refractivity contribution in [3.8, 4) is 17.3 Å². The first-order valence-electron chi connectivity index (χ1n) is 13.1. The molecule has 0 radical (unpaired) electrons. The van der Waals surface area contributed by atoms with Gasteiger partial charge in [0.05, 0.1) is 34.8 Å². The second kappa shape index (κ2) is 9.27. The van der Waals surface area contributed by atoms with Gasteiger partial charge >= 0.3 is 0 Å². The molecule has 2 aliphatic rings. The molecule has 0 saturated carbocycles. The number of aromatic nitrogens is 5. The Morgan fingerprint density at radius 3 is 2.51 bits per heavy atom. The molecule has 0 aliphatic carbocycles. The number of imidazole rings is 1. The first kappa shape index (κ1) is 26.7. The number of amides is 2. The molecule has 0 bridgehead atoms. The van der Waals surface area contributed by atoms with Gasteiger partial charge in [-0.3, -0.25) is 19.5 Å². The molecule has 2 amide bonds. The van der Waals surface area contributed by atoms with E-state index in [4.69, 9.17) is 21.3 Å². The van der Waals surface area contributed by atoms with Crippen LogP contribution in [-0.2, 0) is 10.3 Å². The van der Waals surface area contributed by atoms with Crippen molar-refractivity contribution in [2.45, 2.75) is 39.3 Å². The van der Waals surface area contributed by atoms with E-state index in [1.807, 2.05) is 57.6 Å². The van der Waals surface area contributed by atoms with Crippen molar-refractivity contribution in [3.63, 3.8) is 0 Å². The maximum Gasteiger partial charge on any atom is 0.280 e. The number of carbonyl (C=O) groups excluding carboxylic acids is 2. The van der Waals surface area contributed by atoms with Crippen LogP contribution in [0.1, 0.15) is 52.9 Å². The van der Waals surface area contributed by atoms with Crippen LogP contribution in [0.2, 0.25) is 5.02 Å². The van der Waals surface area contributed by atoms with E-state index in [0.29, 0.717) is 56.6 Å². The third-order valence-corrected chi connectivity index (χ3v) is 7.70. The lowest BCUT2D eigenvalue weighted by Gasteiger charge is -2.36. The van der Waals surface area contributed by atoms with E-state index in [-0.39, 0.29) is 17.6 Å². The van der Waals surface area contributed by atoms with E-state index in [0.717, 1.165) is 5.56 Å². The van der Waals surface area contributed by atoms with Crippen LogP contribution in [0.3, 0.4) is 0 Å². The Morgan fingerprint density at radius 2 is 1.83 bits per heavy atom. The minimum atomic E-state index is -1.57. The van der Waals surface area contributed by atoms with Crippen LogP contribution in [0.25, 0.3) is 11.4 Å². The van der Waals surface area contributed by atoms with Gasteiger partial charge in [-0.25, -0.2) is 9.97 Å². The van der Waals surface area contributed by atoms with E-state index in [9.17, 15) is 9.59 Å². The highest BCUT2D eigenvalue weighted by Crippen LogP contribution is 2.54. The summed E-state index contributed by atoms with van der Waals surface area (Å²) < 4.78 is 7.56. The van der Waals surface area contributed by atoms with E-state index >= 15 is 0 Å². The van der Waals surface area contributed by atoms with Gasteiger partial charge < -0.3 is 19.5 Å². The lowest BCUT2D eigenvalue weighted by molar-refractivity contribution is -0.119. The molecule has 12 heteroatoms. The summed E-state index contributed by atoms with van der Waals surface area (Å²) in [6.07, 6.45) is 3.14. The van der Waals surface area contributed by atoms with Gasteiger partial charge in [0.15, 0.2) is 11.2 Å². The molecule has 0 saturated heterocycles. The highest BCUT2D eigenvalue weighted by molar-refractivity contribution is 6.31. The summed E-state index contributed by atoms with van der Waals surface area (Å²) in [6, 6.07) is 7.16. The van der Waals surface area contributed by atoms with E-state index in [2.05, 4.69) is 20.3 Å². The fourth-order valence-corrected chi connectivity index (χ4v) is 5.90. The topological polar surface area (TPSA) is 118 Å². The van der Waals surface area contributed by atoms with Crippen LogP contribution in [0.5, 0.6) is 5.88 Å². The van der Waals surface area contributed by atoms with Crippen molar-refractivity contribution in [2.75, 3.05) is 36.3 Å². The van der Waals surface area contributed by atoms with Crippen molar-refractivity contribution in [2.24, 2.45) is 0 Å². The zero-order valence-electron chi connectivity index (χ0n) is 23.8. The molecule has 5 heterocycles. The van der Waals surface area contributed by atoms with Crippen LogP contribution in [-0.4, -0.2) is 57.5 Å². The Kier molecular flexibility index (Phi) is 6.04. The van der Waals surface area contributed by atoms with Crippen LogP contribution in [0.4, 0.5) is 17.3 Å². The van der Waals surface area contributed by atoms with Crippen molar-refractivity contribution < 1.29 is 14.3 Å². The third-order valence-electron chi connectivity index (χ3n) is 7.50. The smallest absolute Gasteiger partial charge is 0.280 e. The molecule has 2 aliphatic heterocycles. The predicted molar refractivity (Wildman–Crippen MR) is 156 cm³/mol. The van der Waals surface area contributed by atoms with Gasteiger partial charge in [-0.05, 0) is 45.4 Å². The van der Waals surface area contributed by atoms with Crippen molar-refractivity contribution in [3.05, 3.63) is 69.9 Å². The lowest BCUT2D eigenvalue weighted by atomic mass is 9.86. The molecule has 4 aromatic rings. The molecule has 1 N–H and O–H groups in total. The number of carbonyl (C=O) groups is 2. The Balaban J connectivity index is 1.72. The van der Waals surface area contributed by atoms with Gasteiger partial charge in [-0.15, -0.1) is 0 Å². The standard InChI is InChI=1S/C29H29ClN8O3/c1-14(2)37-23-22(34-24(37)18-13-32-28(36(5)6)35-25(18)41-7)26(39)38(21-11-17(30)12-31-16(21)4)29(23)19-9-8-15(3)10-20(19)33-27(29)40/h8-14H,1-7H3,(H,33,40). The van der Waals surface area contributed by atoms with Gasteiger partial charge in [-0.1, -0.05) is 23.7 Å². The third kappa shape index (κ3) is 3.65. The zero-order chi connectivity index (χ0) is 29.4. The second-order valence-electron chi connectivity index (χ2n) is 10.7. The Labute approximate surface area is 242 Å². The van der Waals surface area contributed by atoms with Gasteiger partial charge in [0.25, 0.3) is 11.8 Å². The van der Waals surface area contributed by atoms with Crippen LogP contribution < -0.4 is 19.9 Å². The van der Waals surface area contributed by atoms with Crippen LogP contribution in [0, 0.1) is 13.8 Å². The predicted octanol–water partition coefficient (Wildman–Crippen LogP) is 4.52. The Morgan fingerprint density at radius 1 is 1.07 bits per heavy atom. The van der Waals surface area contributed by atoms with E-state index in [1.54, 1.807) is 24.1 Å². The highest BCUT2D eigenvalue weighted by atomic mass is 35.5. The number of nitrogens with zero attached hydrogens (tertiary/aromatic N) is 7. The van der Waals surface area contributed by atoms with Gasteiger partial charge in [-0.2, -0.15) is 4.98 Å². The fraction of sp³-hybridized carbons (Fsp3) is 0.310. The number of methoxy groups -OCH3 is 1. The highest BCUT2D eigenvalue weighted by Gasteiger charge is 2.64. The molecular weight excluding hydrogens is 544 g/mol. The maximum atomic E-state index is 14.5.